The molecule has 144 valence electrons. The van der Waals surface area contributed by atoms with Crippen LogP contribution in [-0.2, 0) is 4.79 Å². The molecule has 0 aliphatic heterocycles. The summed E-state index contributed by atoms with van der Waals surface area (Å²) in [6.45, 7) is 0. The van der Waals surface area contributed by atoms with Crippen molar-refractivity contribution in [3.05, 3.63) is 54.2 Å². The van der Waals surface area contributed by atoms with E-state index in [-0.39, 0.29) is 17.6 Å². The van der Waals surface area contributed by atoms with Crippen molar-refractivity contribution < 1.29 is 9.53 Å². The molecule has 0 saturated heterocycles. The number of amides is 1. The van der Waals surface area contributed by atoms with Crippen molar-refractivity contribution in [3.63, 3.8) is 0 Å². The smallest absolute Gasteiger partial charge is 0.264 e. The quantitative estimate of drug-likeness (QED) is 0.225. The largest absolute Gasteiger partial charge is 0.497 e. The number of methoxy groups -OCH3 is 1. The van der Waals surface area contributed by atoms with E-state index >= 15 is 0 Å². The van der Waals surface area contributed by atoms with Gasteiger partial charge in [0.2, 0.25) is 11.1 Å². The molecule has 0 aliphatic rings. The molecule has 0 spiro atoms. The standard InChI is InChI=1S/C17H18N8O2S/c1-27-13-6-4-5-12(9-13)10-20-22-16-23-24-17(25(16)18)28-11-15(26)21-14-7-2-3-8-19-14/h2-10H,11,18H2,1H3,(H,22,23)(H,19,21,26)/b20-10+. The second kappa shape index (κ2) is 9.37. The monoisotopic (exact) mass is 398 g/mol. The molecule has 0 bridgehead atoms. The summed E-state index contributed by atoms with van der Waals surface area (Å²) in [5.74, 6) is 7.28. The molecule has 10 nitrogen and oxygen atoms in total. The van der Waals surface area contributed by atoms with Crippen LogP contribution in [0.1, 0.15) is 5.56 Å². The molecule has 0 aliphatic carbocycles. The van der Waals surface area contributed by atoms with E-state index in [2.05, 4.69) is 31.0 Å². The summed E-state index contributed by atoms with van der Waals surface area (Å²) in [6.07, 6.45) is 3.20. The first kappa shape index (κ1) is 19.2. The summed E-state index contributed by atoms with van der Waals surface area (Å²) in [6, 6.07) is 12.7. The third-order valence-electron chi connectivity index (χ3n) is 3.40. The molecule has 0 fully saturated rings. The SMILES string of the molecule is COc1cccc(/C=N/Nc2nnc(SCC(=O)Nc3ccccn3)n2N)c1. The highest BCUT2D eigenvalue weighted by atomic mass is 32.2. The predicted octanol–water partition coefficient (Wildman–Crippen LogP) is 1.57. The number of ether oxygens (including phenoxy) is 1. The van der Waals surface area contributed by atoms with Crippen LogP contribution in [0.25, 0.3) is 0 Å². The number of aromatic nitrogens is 4. The Balaban J connectivity index is 1.53. The van der Waals surface area contributed by atoms with Gasteiger partial charge in [0.1, 0.15) is 11.6 Å². The number of nitrogens with two attached hydrogens (primary N) is 1. The van der Waals surface area contributed by atoms with Crippen molar-refractivity contribution in [1.82, 2.24) is 19.9 Å². The number of nitrogen functional groups attached to an aromatic ring is 1. The fraction of sp³-hybridized carbons (Fsp3) is 0.118. The average Bonchev–Trinajstić information content (AvgIpc) is 3.07. The minimum Gasteiger partial charge on any atom is -0.497 e. The first-order chi connectivity index (χ1) is 13.7. The number of nitrogens with one attached hydrogen (secondary N) is 2. The van der Waals surface area contributed by atoms with Crippen molar-refractivity contribution in [2.24, 2.45) is 5.10 Å². The van der Waals surface area contributed by atoms with Gasteiger partial charge in [0.15, 0.2) is 0 Å². The number of hydrogen-bond donors (Lipinski definition) is 3. The van der Waals surface area contributed by atoms with Crippen molar-refractivity contribution >= 4 is 35.6 Å². The number of carbonyl (C=O) groups excluding carboxylic acids is 1. The molecule has 3 rings (SSSR count). The second-order valence-electron chi connectivity index (χ2n) is 5.37. The zero-order valence-corrected chi connectivity index (χ0v) is 15.8. The van der Waals surface area contributed by atoms with Gasteiger partial charge in [0, 0.05) is 6.20 Å². The first-order valence-corrected chi connectivity index (χ1v) is 9.11. The zero-order chi connectivity index (χ0) is 19.8. The lowest BCUT2D eigenvalue weighted by atomic mass is 10.2. The number of anilines is 2. The van der Waals surface area contributed by atoms with E-state index in [1.807, 2.05) is 24.3 Å². The van der Waals surface area contributed by atoms with Crippen LogP contribution in [0.15, 0.2) is 58.9 Å². The topological polar surface area (TPSA) is 132 Å². The Morgan fingerprint density at radius 3 is 3.00 bits per heavy atom. The van der Waals surface area contributed by atoms with E-state index in [1.54, 1.807) is 37.7 Å². The van der Waals surface area contributed by atoms with Gasteiger partial charge in [0.25, 0.3) is 5.95 Å². The van der Waals surface area contributed by atoms with Crippen molar-refractivity contribution in [1.29, 1.82) is 0 Å². The molecule has 2 heterocycles. The van der Waals surface area contributed by atoms with Crippen LogP contribution >= 0.6 is 11.8 Å². The second-order valence-corrected chi connectivity index (χ2v) is 6.32. The van der Waals surface area contributed by atoms with Crippen LogP contribution in [0, 0.1) is 0 Å². The fourth-order valence-electron chi connectivity index (χ4n) is 2.08. The van der Waals surface area contributed by atoms with Gasteiger partial charge in [-0.1, -0.05) is 30.0 Å². The molecule has 4 N–H and O–H groups in total. The lowest BCUT2D eigenvalue weighted by Gasteiger charge is -2.04. The maximum Gasteiger partial charge on any atom is 0.264 e. The van der Waals surface area contributed by atoms with Crippen molar-refractivity contribution in [3.8, 4) is 5.75 Å². The van der Waals surface area contributed by atoms with Crippen LogP contribution in [0.2, 0.25) is 0 Å². The van der Waals surface area contributed by atoms with E-state index < -0.39 is 0 Å². The van der Waals surface area contributed by atoms with Crippen LogP contribution in [0.4, 0.5) is 11.8 Å². The Kier molecular flexibility index (Phi) is 6.41. The molecule has 11 heteroatoms. The van der Waals surface area contributed by atoms with Gasteiger partial charge in [-0.3, -0.25) is 4.79 Å². The molecule has 0 unspecified atom stereocenters. The van der Waals surface area contributed by atoms with Crippen LogP contribution < -0.4 is 21.3 Å². The number of hydrazone groups is 1. The van der Waals surface area contributed by atoms with Crippen LogP contribution in [-0.4, -0.2) is 44.8 Å². The van der Waals surface area contributed by atoms with Crippen LogP contribution in [0.3, 0.4) is 0 Å². The van der Waals surface area contributed by atoms with E-state index in [9.17, 15) is 4.79 Å². The van der Waals surface area contributed by atoms with Crippen LogP contribution in [0.5, 0.6) is 5.75 Å². The molecular weight excluding hydrogens is 380 g/mol. The molecule has 28 heavy (non-hydrogen) atoms. The summed E-state index contributed by atoms with van der Waals surface area (Å²) in [5, 5.41) is 15.0. The van der Waals surface area contributed by atoms with E-state index in [0.717, 1.165) is 23.1 Å². The number of pyridine rings is 1. The van der Waals surface area contributed by atoms with Gasteiger partial charge < -0.3 is 15.9 Å². The summed E-state index contributed by atoms with van der Waals surface area (Å²) < 4.78 is 6.38. The Morgan fingerprint density at radius 2 is 2.21 bits per heavy atom. The molecule has 2 aromatic heterocycles. The third kappa shape index (κ3) is 5.20. The van der Waals surface area contributed by atoms with Gasteiger partial charge in [0.05, 0.1) is 19.1 Å². The predicted molar refractivity (Wildman–Crippen MR) is 108 cm³/mol. The normalized spacial score (nSPS) is 10.8. The van der Waals surface area contributed by atoms with E-state index in [4.69, 9.17) is 10.6 Å². The van der Waals surface area contributed by atoms with Crippen molar-refractivity contribution in [2.75, 3.05) is 29.4 Å². The number of hydrogen-bond acceptors (Lipinski definition) is 9. The number of carbonyl (C=O) groups is 1. The van der Waals surface area contributed by atoms with Gasteiger partial charge in [-0.25, -0.2) is 15.1 Å². The molecule has 0 saturated carbocycles. The maximum atomic E-state index is 12.0. The van der Waals surface area contributed by atoms with E-state index in [0.29, 0.717) is 11.0 Å². The van der Waals surface area contributed by atoms with E-state index in [1.165, 1.54) is 4.68 Å². The fourth-order valence-corrected chi connectivity index (χ4v) is 2.74. The highest BCUT2D eigenvalue weighted by molar-refractivity contribution is 7.99. The first-order valence-electron chi connectivity index (χ1n) is 8.13. The minimum absolute atomic E-state index is 0.110. The Morgan fingerprint density at radius 1 is 1.32 bits per heavy atom. The number of nitrogens with zero attached hydrogens (tertiary/aromatic N) is 5. The van der Waals surface area contributed by atoms with Gasteiger partial charge in [-0.15, -0.1) is 10.2 Å². The van der Waals surface area contributed by atoms with Gasteiger partial charge >= 0.3 is 0 Å². The number of rotatable bonds is 8. The molecule has 0 radical (unpaired) electrons. The maximum absolute atomic E-state index is 12.0. The third-order valence-corrected chi connectivity index (χ3v) is 4.34. The lowest BCUT2D eigenvalue weighted by Crippen LogP contribution is -2.17. The zero-order valence-electron chi connectivity index (χ0n) is 14.9. The van der Waals surface area contributed by atoms with Gasteiger partial charge in [-0.2, -0.15) is 5.10 Å². The Hall–Kier alpha value is -3.60. The highest BCUT2D eigenvalue weighted by Crippen LogP contribution is 2.17. The molecule has 0 atom stereocenters. The summed E-state index contributed by atoms with van der Waals surface area (Å²) in [5.41, 5.74) is 3.56. The molecular formula is C17H18N8O2S. The molecule has 1 aromatic carbocycles. The minimum atomic E-state index is -0.225. The summed E-state index contributed by atoms with van der Waals surface area (Å²) >= 11 is 1.15. The number of thioether (sulfide) groups is 1. The Labute approximate surface area is 165 Å². The number of benzene rings is 1. The average molecular weight is 398 g/mol. The molecule has 1 amide bonds. The van der Waals surface area contributed by atoms with Crippen molar-refractivity contribution in [2.45, 2.75) is 5.16 Å². The molecule has 3 aromatic rings. The summed E-state index contributed by atoms with van der Waals surface area (Å²) in [4.78, 5) is 16.0. The summed E-state index contributed by atoms with van der Waals surface area (Å²) in [7, 11) is 1.60. The lowest BCUT2D eigenvalue weighted by molar-refractivity contribution is -0.113. The Bertz CT molecular complexity index is 961. The van der Waals surface area contributed by atoms with Gasteiger partial charge in [-0.05, 0) is 29.8 Å². The highest BCUT2D eigenvalue weighted by Gasteiger charge is 2.12.